The van der Waals surface area contributed by atoms with Crippen LogP contribution in [-0.4, -0.2) is 21.8 Å². The van der Waals surface area contributed by atoms with Gasteiger partial charge in [0, 0.05) is 10.6 Å². The fourth-order valence-electron chi connectivity index (χ4n) is 3.82. The lowest BCUT2D eigenvalue weighted by molar-refractivity contribution is -0.132. The highest BCUT2D eigenvalue weighted by molar-refractivity contribution is 7.22. The van der Waals surface area contributed by atoms with Gasteiger partial charge in [-0.05, 0) is 36.8 Å². The lowest BCUT2D eigenvalue weighted by Crippen LogP contribution is -2.29. The summed E-state index contributed by atoms with van der Waals surface area (Å²) in [6.45, 7) is 1.93. The number of carbonyl (C=O) groups excluding carboxylic acids is 2. The van der Waals surface area contributed by atoms with Gasteiger partial charge in [0.05, 0.1) is 21.8 Å². The molecule has 1 N–H and O–H groups in total. The highest BCUT2D eigenvalue weighted by atomic mass is 35.5. The van der Waals surface area contributed by atoms with Crippen molar-refractivity contribution < 1.29 is 14.7 Å². The SMILES string of the molecule is Cc1ccc(/C(O)=C2\C(=O)C(=O)N(c3nc4ccccc4s3)[C@H]2c2ccc(Cl)cc2)cc1. The van der Waals surface area contributed by atoms with E-state index in [1.165, 1.54) is 16.2 Å². The van der Waals surface area contributed by atoms with Gasteiger partial charge in [0.25, 0.3) is 5.78 Å². The van der Waals surface area contributed by atoms with Gasteiger partial charge in [-0.1, -0.05) is 77.0 Å². The lowest BCUT2D eigenvalue weighted by Gasteiger charge is -2.23. The van der Waals surface area contributed by atoms with Crippen LogP contribution < -0.4 is 4.90 Å². The van der Waals surface area contributed by atoms with Crippen molar-refractivity contribution in [2.24, 2.45) is 0 Å². The first-order valence-electron chi connectivity index (χ1n) is 9.93. The second-order valence-electron chi connectivity index (χ2n) is 7.55. The van der Waals surface area contributed by atoms with E-state index >= 15 is 0 Å². The van der Waals surface area contributed by atoms with Gasteiger partial charge < -0.3 is 5.11 Å². The maximum absolute atomic E-state index is 13.2. The number of anilines is 1. The molecule has 3 aromatic carbocycles. The molecule has 1 saturated heterocycles. The fraction of sp³-hybridized carbons (Fsp3) is 0.0800. The number of aryl methyl sites for hydroxylation is 1. The number of carbonyl (C=O) groups is 2. The van der Waals surface area contributed by atoms with Crippen LogP contribution in [-0.2, 0) is 9.59 Å². The van der Waals surface area contributed by atoms with E-state index in [4.69, 9.17) is 11.6 Å². The number of thiazole rings is 1. The zero-order valence-corrected chi connectivity index (χ0v) is 18.5. The number of aromatic nitrogens is 1. The largest absolute Gasteiger partial charge is 0.507 e. The first-order valence-corrected chi connectivity index (χ1v) is 11.1. The van der Waals surface area contributed by atoms with Crippen LogP contribution >= 0.6 is 22.9 Å². The minimum absolute atomic E-state index is 0.0282. The van der Waals surface area contributed by atoms with E-state index in [1.54, 1.807) is 36.4 Å². The minimum Gasteiger partial charge on any atom is -0.507 e. The summed E-state index contributed by atoms with van der Waals surface area (Å²) in [5, 5.41) is 12.1. The topological polar surface area (TPSA) is 70.5 Å². The van der Waals surface area contributed by atoms with Crippen LogP contribution in [0.5, 0.6) is 0 Å². The normalized spacial score (nSPS) is 17.9. The number of ketones is 1. The van der Waals surface area contributed by atoms with Gasteiger partial charge in [0.15, 0.2) is 5.13 Å². The van der Waals surface area contributed by atoms with E-state index in [1.807, 2.05) is 43.3 Å². The molecule has 1 atom stereocenters. The molecular formula is C25H17ClN2O3S. The Morgan fingerprint density at radius 1 is 1.00 bits per heavy atom. The second kappa shape index (κ2) is 7.89. The molecule has 32 heavy (non-hydrogen) atoms. The molecule has 0 aliphatic carbocycles. The van der Waals surface area contributed by atoms with Crippen LogP contribution in [0.25, 0.3) is 16.0 Å². The third-order valence-corrected chi connectivity index (χ3v) is 6.73. The van der Waals surface area contributed by atoms with E-state index in [-0.39, 0.29) is 11.3 Å². The summed E-state index contributed by atoms with van der Waals surface area (Å²) in [5.74, 6) is -1.69. The van der Waals surface area contributed by atoms with Gasteiger partial charge in [-0.15, -0.1) is 0 Å². The molecule has 0 unspecified atom stereocenters. The number of benzene rings is 3. The maximum Gasteiger partial charge on any atom is 0.301 e. The van der Waals surface area contributed by atoms with Gasteiger partial charge in [0.2, 0.25) is 0 Å². The zero-order chi connectivity index (χ0) is 22.4. The van der Waals surface area contributed by atoms with Crippen molar-refractivity contribution in [3.8, 4) is 0 Å². The second-order valence-corrected chi connectivity index (χ2v) is 9.00. The van der Waals surface area contributed by atoms with Crippen molar-refractivity contribution in [2.45, 2.75) is 13.0 Å². The van der Waals surface area contributed by atoms with Crippen molar-refractivity contribution in [1.29, 1.82) is 0 Å². The highest BCUT2D eigenvalue weighted by Gasteiger charge is 2.48. The van der Waals surface area contributed by atoms with E-state index < -0.39 is 17.7 Å². The number of para-hydroxylation sites is 1. The molecule has 1 aliphatic rings. The Bertz CT molecular complexity index is 1360. The Morgan fingerprint density at radius 2 is 1.69 bits per heavy atom. The molecule has 1 fully saturated rings. The van der Waals surface area contributed by atoms with Crippen LogP contribution in [0.3, 0.4) is 0 Å². The monoisotopic (exact) mass is 460 g/mol. The van der Waals surface area contributed by atoms with Gasteiger partial charge in [-0.3, -0.25) is 14.5 Å². The molecule has 5 nitrogen and oxygen atoms in total. The lowest BCUT2D eigenvalue weighted by atomic mass is 9.95. The van der Waals surface area contributed by atoms with E-state index in [2.05, 4.69) is 4.98 Å². The van der Waals surface area contributed by atoms with E-state index in [9.17, 15) is 14.7 Å². The average Bonchev–Trinajstić information content (AvgIpc) is 3.33. The third-order valence-electron chi connectivity index (χ3n) is 5.44. The van der Waals surface area contributed by atoms with Crippen molar-refractivity contribution in [2.75, 3.05) is 4.90 Å². The quantitative estimate of drug-likeness (QED) is 0.235. The van der Waals surface area contributed by atoms with Gasteiger partial charge in [-0.25, -0.2) is 4.98 Å². The number of aliphatic hydroxyl groups excluding tert-OH is 1. The molecule has 0 radical (unpaired) electrons. The Morgan fingerprint density at radius 3 is 2.38 bits per heavy atom. The number of Topliss-reactive ketones (excluding diaryl/α,β-unsaturated/α-hetero) is 1. The number of rotatable bonds is 3. The summed E-state index contributed by atoms with van der Waals surface area (Å²) in [4.78, 5) is 32.3. The molecule has 1 amide bonds. The molecule has 1 aromatic heterocycles. The summed E-state index contributed by atoms with van der Waals surface area (Å²) in [6.07, 6.45) is 0. The van der Waals surface area contributed by atoms with Gasteiger partial charge in [0.1, 0.15) is 5.76 Å². The summed E-state index contributed by atoms with van der Waals surface area (Å²) in [6, 6.07) is 20.8. The fourth-order valence-corrected chi connectivity index (χ4v) is 4.94. The minimum atomic E-state index is -0.825. The molecule has 0 saturated carbocycles. The molecule has 4 aromatic rings. The highest BCUT2D eigenvalue weighted by Crippen LogP contribution is 2.44. The van der Waals surface area contributed by atoms with Crippen LogP contribution in [0.2, 0.25) is 5.02 Å². The Hall–Kier alpha value is -3.48. The van der Waals surface area contributed by atoms with Gasteiger partial charge in [-0.2, -0.15) is 0 Å². The smallest absolute Gasteiger partial charge is 0.301 e. The number of nitrogens with zero attached hydrogens (tertiary/aromatic N) is 2. The predicted octanol–water partition coefficient (Wildman–Crippen LogP) is 5.88. The molecule has 1 aliphatic heterocycles. The first kappa shape index (κ1) is 20.4. The molecule has 0 spiro atoms. The third kappa shape index (κ3) is 3.38. The van der Waals surface area contributed by atoms with Crippen LogP contribution in [0, 0.1) is 6.92 Å². The van der Waals surface area contributed by atoms with Crippen molar-refractivity contribution >= 4 is 55.7 Å². The van der Waals surface area contributed by atoms with Crippen molar-refractivity contribution in [3.05, 3.63) is 100 Å². The van der Waals surface area contributed by atoms with Crippen LogP contribution in [0.15, 0.2) is 78.4 Å². The van der Waals surface area contributed by atoms with Gasteiger partial charge >= 0.3 is 5.91 Å². The average molecular weight is 461 g/mol. The molecule has 0 bridgehead atoms. The summed E-state index contributed by atoms with van der Waals surface area (Å²) < 4.78 is 0.901. The number of aliphatic hydroxyl groups is 1. The molecule has 2 heterocycles. The zero-order valence-electron chi connectivity index (χ0n) is 16.9. The Balaban J connectivity index is 1.73. The molecular weight excluding hydrogens is 444 g/mol. The van der Waals surface area contributed by atoms with E-state index in [0.29, 0.717) is 21.3 Å². The number of hydrogen-bond acceptors (Lipinski definition) is 5. The standard InChI is InChI=1S/C25H17ClN2O3S/c1-14-6-8-16(9-7-14)22(29)20-21(15-10-12-17(26)13-11-15)28(24(31)23(20)30)25-27-18-4-2-3-5-19(18)32-25/h2-13,21,29H,1H3/b22-20+/t21-/m0/s1. The number of hydrogen-bond donors (Lipinski definition) is 1. The summed E-state index contributed by atoms with van der Waals surface area (Å²) in [5.41, 5.74) is 2.91. The maximum atomic E-state index is 13.2. The predicted molar refractivity (Wildman–Crippen MR) is 127 cm³/mol. The van der Waals surface area contributed by atoms with Crippen LogP contribution in [0.1, 0.15) is 22.7 Å². The first-order chi connectivity index (χ1) is 15.4. The van der Waals surface area contributed by atoms with E-state index in [0.717, 1.165) is 15.8 Å². The molecule has 158 valence electrons. The Kier molecular flexibility index (Phi) is 5.04. The molecule has 7 heteroatoms. The van der Waals surface area contributed by atoms with Crippen molar-refractivity contribution in [1.82, 2.24) is 4.98 Å². The summed E-state index contributed by atoms with van der Waals surface area (Å²) >= 11 is 7.40. The number of halogens is 1. The Labute approximate surface area is 193 Å². The molecule has 5 rings (SSSR count). The number of fused-ring (bicyclic) bond motifs is 1. The van der Waals surface area contributed by atoms with Crippen LogP contribution in [0.4, 0.5) is 5.13 Å². The van der Waals surface area contributed by atoms with Crippen molar-refractivity contribution in [3.63, 3.8) is 0 Å². The number of amides is 1. The summed E-state index contributed by atoms with van der Waals surface area (Å²) in [7, 11) is 0.